The largest absolute Gasteiger partial charge is 0.433 e. The molecule has 0 unspecified atom stereocenters. The fourth-order valence-corrected chi connectivity index (χ4v) is 2.24. The Morgan fingerprint density at radius 3 is 2.89 bits per heavy atom. The summed E-state index contributed by atoms with van der Waals surface area (Å²) < 4.78 is 1.79. The second-order valence-electron chi connectivity index (χ2n) is 4.37. The highest BCUT2D eigenvalue weighted by molar-refractivity contribution is 5.71. The summed E-state index contributed by atoms with van der Waals surface area (Å²) in [7, 11) is 1.49. The van der Waals surface area contributed by atoms with Crippen molar-refractivity contribution in [2.24, 2.45) is 5.16 Å². The van der Waals surface area contributed by atoms with Gasteiger partial charge < -0.3 is 5.32 Å². The van der Waals surface area contributed by atoms with Crippen molar-refractivity contribution in [3.63, 3.8) is 0 Å². The van der Waals surface area contributed by atoms with Gasteiger partial charge in [-0.1, -0.05) is 24.4 Å². The molecular formula is C11H17N5O2. The molecule has 0 atom stereocenters. The van der Waals surface area contributed by atoms with Gasteiger partial charge in [0.1, 0.15) is 18.2 Å². The number of hydrogen-bond donors (Lipinski definition) is 1. The zero-order valence-electron chi connectivity index (χ0n) is 10.4. The Kier molecular flexibility index (Phi) is 3.91. The number of hydrogen-bond acceptors (Lipinski definition) is 5. The van der Waals surface area contributed by atoms with Crippen LogP contribution >= 0.6 is 0 Å². The van der Waals surface area contributed by atoms with Gasteiger partial charge in [0.05, 0.1) is 6.21 Å². The number of carbonyl (C=O) groups excluding carboxylic acids is 1. The summed E-state index contributed by atoms with van der Waals surface area (Å²) in [5, 5.41) is 10.3. The Hall–Kier alpha value is -1.92. The molecule has 7 nitrogen and oxygen atoms in total. The van der Waals surface area contributed by atoms with Gasteiger partial charge in [0.25, 0.3) is 0 Å². The van der Waals surface area contributed by atoms with E-state index >= 15 is 0 Å². The minimum Gasteiger partial charge on any atom is -0.323 e. The van der Waals surface area contributed by atoms with Gasteiger partial charge in [0.15, 0.2) is 0 Å². The number of oxime groups is 1. The maximum Gasteiger partial charge on any atom is 0.433 e. The molecule has 1 aromatic heterocycles. The highest BCUT2D eigenvalue weighted by Crippen LogP contribution is 2.32. The lowest BCUT2D eigenvalue weighted by Gasteiger charge is -2.33. The molecule has 0 spiro atoms. The van der Waals surface area contributed by atoms with E-state index in [0.29, 0.717) is 0 Å². The van der Waals surface area contributed by atoms with Gasteiger partial charge in [0.2, 0.25) is 0 Å². The first kappa shape index (κ1) is 12.5. The van der Waals surface area contributed by atoms with Crippen LogP contribution in [0.15, 0.2) is 17.8 Å². The Morgan fingerprint density at radius 1 is 1.50 bits per heavy atom. The molecule has 0 bridgehead atoms. The number of nitrogens with zero attached hydrogens (tertiary/aromatic N) is 4. The molecule has 1 saturated carbocycles. The summed E-state index contributed by atoms with van der Waals surface area (Å²) in [6.07, 6.45) is 9.54. The van der Waals surface area contributed by atoms with Crippen LogP contribution in [-0.2, 0) is 10.4 Å². The molecular weight excluding hydrogens is 234 g/mol. The summed E-state index contributed by atoms with van der Waals surface area (Å²) in [5.74, 6) is 0. The van der Waals surface area contributed by atoms with Crippen LogP contribution in [0.2, 0.25) is 0 Å². The normalized spacial score (nSPS) is 18.7. The van der Waals surface area contributed by atoms with Crippen LogP contribution in [0.1, 0.15) is 32.1 Å². The van der Waals surface area contributed by atoms with E-state index in [2.05, 4.69) is 25.4 Å². The van der Waals surface area contributed by atoms with Gasteiger partial charge >= 0.3 is 6.09 Å². The zero-order chi connectivity index (χ0) is 12.8. The van der Waals surface area contributed by atoms with Crippen molar-refractivity contribution in [1.82, 2.24) is 20.1 Å². The van der Waals surface area contributed by atoms with Crippen LogP contribution in [0.5, 0.6) is 0 Å². The first-order valence-electron chi connectivity index (χ1n) is 6.05. The molecule has 2 rings (SSSR count). The molecule has 1 aliphatic rings. The molecule has 98 valence electrons. The first-order valence-corrected chi connectivity index (χ1v) is 6.05. The van der Waals surface area contributed by atoms with Crippen LogP contribution in [0, 0.1) is 0 Å². The van der Waals surface area contributed by atoms with E-state index in [1.165, 1.54) is 19.8 Å². The van der Waals surface area contributed by atoms with Crippen molar-refractivity contribution >= 4 is 12.3 Å². The second-order valence-corrected chi connectivity index (χ2v) is 4.37. The minimum atomic E-state index is -0.573. The van der Waals surface area contributed by atoms with E-state index in [9.17, 15) is 4.79 Å². The van der Waals surface area contributed by atoms with Gasteiger partial charge in [-0.25, -0.2) is 14.5 Å². The highest BCUT2D eigenvalue weighted by Gasteiger charge is 2.33. The highest BCUT2D eigenvalue weighted by atomic mass is 16.7. The molecule has 1 N–H and O–H groups in total. The van der Waals surface area contributed by atoms with Crippen molar-refractivity contribution < 1.29 is 9.63 Å². The van der Waals surface area contributed by atoms with E-state index in [4.69, 9.17) is 0 Å². The van der Waals surface area contributed by atoms with Crippen molar-refractivity contribution in [2.75, 3.05) is 7.05 Å². The van der Waals surface area contributed by atoms with Gasteiger partial charge in [-0.2, -0.15) is 5.10 Å². The number of nitrogens with one attached hydrogen (secondary N) is 1. The SMILES string of the molecule is CNC(=O)ON=CC1(n2cncn2)CCCCC1. The third kappa shape index (κ3) is 2.66. The lowest BCUT2D eigenvalue weighted by atomic mass is 9.83. The predicted molar refractivity (Wildman–Crippen MR) is 65.1 cm³/mol. The van der Waals surface area contributed by atoms with E-state index in [0.717, 1.165) is 25.7 Å². The van der Waals surface area contributed by atoms with Gasteiger partial charge in [-0.15, -0.1) is 0 Å². The van der Waals surface area contributed by atoms with E-state index < -0.39 is 6.09 Å². The molecule has 0 aliphatic heterocycles. The summed E-state index contributed by atoms with van der Waals surface area (Å²) in [6, 6.07) is 0. The number of amides is 1. The van der Waals surface area contributed by atoms with Crippen LogP contribution in [0.4, 0.5) is 4.79 Å². The van der Waals surface area contributed by atoms with Gasteiger partial charge in [-0.3, -0.25) is 4.84 Å². The lowest BCUT2D eigenvalue weighted by Crippen LogP contribution is -2.38. The average molecular weight is 251 g/mol. The molecule has 0 radical (unpaired) electrons. The van der Waals surface area contributed by atoms with E-state index in [1.54, 1.807) is 17.2 Å². The van der Waals surface area contributed by atoms with Crippen LogP contribution in [-0.4, -0.2) is 34.1 Å². The average Bonchev–Trinajstić information content (AvgIpc) is 2.94. The van der Waals surface area contributed by atoms with Crippen LogP contribution in [0.3, 0.4) is 0 Å². The summed E-state index contributed by atoms with van der Waals surface area (Å²) in [4.78, 5) is 19.6. The summed E-state index contributed by atoms with van der Waals surface area (Å²) in [5.41, 5.74) is -0.317. The second kappa shape index (κ2) is 5.61. The molecule has 1 heterocycles. The van der Waals surface area contributed by atoms with Gasteiger partial charge in [0, 0.05) is 7.05 Å². The summed E-state index contributed by atoms with van der Waals surface area (Å²) in [6.45, 7) is 0. The fraction of sp³-hybridized carbons (Fsp3) is 0.636. The molecule has 18 heavy (non-hydrogen) atoms. The third-order valence-corrected chi connectivity index (χ3v) is 3.23. The Morgan fingerprint density at radius 2 is 2.28 bits per heavy atom. The van der Waals surface area contributed by atoms with Gasteiger partial charge in [-0.05, 0) is 12.8 Å². The Balaban J connectivity index is 2.13. The standard InChI is InChI=1S/C11H17N5O2/c1-12-10(17)18-15-7-11(5-3-2-4-6-11)16-9-13-8-14-16/h7-9H,2-6H2,1H3,(H,12,17). The quantitative estimate of drug-likeness (QED) is 0.498. The Labute approximate surface area is 105 Å². The van der Waals surface area contributed by atoms with Crippen molar-refractivity contribution in [3.05, 3.63) is 12.7 Å². The molecule has 1 fully saturated rings. The Bertz CT molecular complexity index is 409. The lowest BCUT2D eigenvalue weighted by molar-refractivity contribution is 0.150. The fourth-order valence-electron chi connectivity index (χ4n) is 2.24. The van der Waals surface area contributed by atoms with Crippen molar-refractivity contribution in [2.45, 2.75) is 37.6 Å². The number of rotatable bonds is 3. The maximum absolute atomic E-state index is 11.0. The zero-order valence-corrected chi connectivity index (χ0v) is 10.4. The van der Waals surface area contributed by atoms with Crippen molar-refractivity contribution in [1.29, 1.82) is 0 Å². The van der Waals surface area contributed by atoms with E-state index in [1.807, 2.05) is 0 Å². The third-order valence-electron chi connectivity index (χ3n) is 3.23. The van der Waals surface area contributed by atoms with E-state index in [-0.39, 0.29) is 5.54 Å². The maximum atomic E-state index is 11.0. The summed E-state index contributed by atoms with van der Waals surface area (Å²) >= 11 is 0. The molecule has 1 aromatic rings. The molecule has 1 aliphatic carbocycles. The van der Waals surface area contributed by atoms with Crippen LogP contribution in [0.25, 0.3) is 0 Å². The van der Waals surface area contributed by atoms with Crippen molar-refractivity contribution in [3.8, 4) is 0 Å². The number of carbonyl (C=O) groups is 1. The molecule has 7 heteroatoms. The first-order chi connectivity index (χ1) is 8.77. The monoisotopic (exact) mass is 251 g/mol. The topological polar surface area (TPSA) is 81.4 Å². The molecule has 0 aromatic carbocycles. The predicted octanol–water partition coefficient (Wildman–Crippen LogP) is 1.28. The number of aromatic nitrogens is 3. The smallest absolute Gasteiger partial charge is 0.323 e. The molecule has 0 saturated heterocycles. The molecule has 1 amide bonds. The van der Waals surface area contributed by atoms with Crippen LogP contribution < -0.4 is 5.32 Å². The minimum absolute atomic E-state index is 0.317.